The summed E-state index contributed by atoms with van der Waals surface area (Å²) < 4.78 is 32.1. The van der Waals surface area contributed by atoms with Crippen LogP contribution >= 0.6 is 11.3 Å². The highest BCUT2D eigenvalue weighted by molar-refractivity contribution is 7.92. The van der Waals surface area contributed by atoms with Gasteiger partial charge in [0.25, 0.3) is 5.56 Å². The average Bonchev–Trinajstić information content (AvgIpc) is 3.64. The Morgan fingerprint density at radius 2 is 1.92 bits per heavy atom. The van der Waals surface area contributed by atoms with Crippen LogP contribution in [-0.2, 0) is 14.6 Å². The van der Waals surface area contributed by atoms with E-state index in [4.69, 9.17) is 4.74 Å². The normalized spacial score (nSPS) is 17.7. The van der Waals surface area contributed by atoms with Crippen LogP contribution in [0.25, 0.3) is 10.3 Å². The van der Waals surface area contributed by atoms with E-state index in [2.05, 4.69) is 15.3 Å². The molecule has 2 saturated carbocycles. The van der Waals surface area contributed by atoms with Crippen molar-refractivity contribution >= 4 is 42.6 Å². The summed E-state index contributed by atoms with van der Waals surface area (Å²) in [5, 5.41) is 2.88. The molecule has 9 nitrogen and oxygen atoms in total. The Bertz CT molecular complexity index is 1450. The second kappa shape index (κ2) is 9.93. The van der Waals surface area contributed by atoms with Crippen LogP contribution in [0.5, 0.6) is 5.88 Å². The SMILES string of the molecule is COc1ccc2nc(NC(=O)C(CC3CCCCC3)n3c(C)cc(S(=O)(=O)C4CC4)cc3=O)sc2n1. The molecule has 3 aromatic heterocycles. The minimum absolute atomic E-state index is 0.0479. The Morgan fingerprint density at radius 3 is 2.58 bits per heavy atom. The van der Waals surface area contributed by atoms with Crippen molar-refractivity contribution in [2.24, 2.45) is 5.92 Å². The van der Waals surface area contributed by atoms with Gasteiger partial charge in [-0.3, -0.25) is 9.59 Å². The molecule has 2 aliphatic rings. The van der Waals surface area contributed by atoms with E-state index in [1.54, 1.807) is 19.1 Å². The molecule has 0 radical (unpaired) electrons. The Kier molecular flexibility index (Phi) is 6.86. The van der Waals surface area contributed by atoms with Crippen LogP contribution in [0.15, 0.2) is 34.0 Å². The lowest BCUT2D eigenvalue weighted by molar-refractivity contribution is -0.120. The van der Waals surface area contributed by atoms with E-state index in [9.17, 15) is 18.0 Å². The number of carbonyl (C=O) groups is 1. The number of aryl methyl sites for hydroxylation is 1. The van der Waals surface area contributed by atoms with E-state index in [1.807, 2.05) is 0 Å². The van der Waals surface area contributed by atoms with Gasteiger partial charge in [0.1, 0.15) is 16.4 Å². The Labute approximate surface area is 213 Å². The van der Waals surface area contributed by atoms with Gasteiger partial charge in [-0.25, -0.2) is 18.4 Å². The molecule has 2 fully saturated rings. The molecule has 1 atom stereocenters. The van der Waals surface area contributed by atoms with E-state index < -0.39 is 26.7 Å². The first kappa shape index (κ1) is 24.9. The van der Waals surface area contributed by atoms with Crippen LogP contribution < -0.4 is 15.6 Å². The Hall–Kier alpha value is -2.79. The molecular weight excluding hydrogens is 500 g/mol. The molecule has 0 saturated heterocycles. The van der Waals surface area contributed by atoms with Gasteiger partial charge in [-0.05, 0) is 44.2 Å². The number of nitrogens with one attached hydrogen (secondary N) is 1. The number of nitrogens with zero attached hydrogens (tertiary/aromatic N) is 3. The first-order valence-electron chi connectivity index (χ1n) is 12.4. The molecule has 2 aliphatic carbocycles. The van der Waals surface area contributed by atoms with E-state index >= 15 is 0 Å². The van der Waals surface area contributed by atoms with Crippen molar-refractivity contribution in [3.8, 4) is 5.88 Å². The van der Waals surface area contributed by atoms with Crippen LogP contribution in [0.3, 0.4) is 0 Å². The highest BCUT2D eigenvalue weighted by atomic mass is 32.2. The van der Waals surface area contributed by atoms with Gasteiger partial charge < -0.3 is 14.6 Å². The summed E-state index contributed by atoms with van der Waals surface area (Å²) in [5.41, 5.74) is 0.636. The number of pyridine rings is 2. The molecule has 5 rings (SSSR count). The number of methoxy groups -OCH3 is 1. The zero-order valence-electron chi connectivity index (χ0n) is 20.4. The summed E-state index contributed by atoms with van der Waals surface area (Å²) in [6.45, 7) is 1.70. The second-order valence-corrected chi connectivity index (χ2v) is 12.9. The van der Waals surface area contributed by atoms with Crippen LogP contribution in [0.2, 0.25) is 0 Å². The molecule has 0 spiro atoms. The first-order chi connectivity index (χ1) is 17.3. The minimum atomic E-state index is -3.51. The Morgan fingerprint density at radius 1 is 1.17 bits per heavy atom. The molecule has 0 bridgehead atoms. The maximum Gasteiger partial charge on any atom is 0.252 e. The fourth-order valence-corrected chi connectivity index (χ4v) is 7.61. The van der Waals surface area contributed by atoms with Crippen molar-refractivity contribution < 1.29 is 17.9 Å². The highest BCUT2D eigenvalue weighted by Gasteiger charge is 2.38. The third-order valence-corrected chi connectivity index (χ3v) is 10.2. The van der Waals surface area contributed by atoms with Crippen molar-refractivity contribution in [1.29, 1.82) is 0 Å². The summed E-state index contributed by atoms with van der Waals surface area (Å²) in [4.78, 5) is 36.4. The van der Waals surface area contributed by atoms with Crippen LogP contribution in [0.1, 0.15) is 63.1 Å². The molecule has 3 heterocycles. The molecule has 1 amide bonds. The first-order valence-corrected chi connectivity index (χ1v) is 14.7. The van der Waals surface area contributed by atoms with E-state index in [0.29, 0.717) is 52.2 Å². The summed E-state index contributed by atoms with van der Waals surface area (Å²) >= 11 is 1.24. The highest BCUT2D eigenvalue weighted by Crippen LogP contribution is 2.35. The third kappa shape index (κ3) is 5.04. The quantitative estimate of drug-likeness (QED) is 0.462. The summed E-state index contributed by atoms with van der Waals surface area (Å²) in [6, 6.07) is 5.42. The van der Waals surface area contributed by atoms with Crippen LogP contribution in [0.4, 0.5) is 5.13 Å². The smallest absolute Gasteiger partial charge is 0.252 e. The summed E-state index contributed by atoms with van der Waals surface area (Å²) in [5.74, 6) is 0.439. The number of carbonyl (C=O) groups excluding carboxylic acids is 1. The van der Waals surface area contributed by atoms with E-state index in [1.165, 1.54) is 41.6 Å². The predicted octanol–water partition coefficient (Wildman–Crippen LogP) is 4.26. The van der Waals surface area contributed by atoms with Crippen molar-refractivity contribution in [3.05, 3.63) is 40.3 Å². The summed E-state index contributed by atoms with van der Waals surface area (Å²) in [7, 11) is -1.97. The number of hydrogen-bond donors (Lipinski definition) is 1. The number of fused-ring (bicyclic) bond motifs is 1. The Balaban J connectivity index is 1.47. The number of hydrogen-bond acceptors (Lipinski definition) is 8. The third-order valence-electron chi connectivity index (χ3n) is 7.09. The number of aromatic nitrogens is 3. The second-order valence-electron chi connectivity index (χ2n) is 9.73. The van der Waals surface area contributed by atoms with Crippen molar-refractivity contribution in [1.82, 2.24) is 14.5 Å². The van der Waals surface area contributed by atoms with Crippen LogP contribution in [-0.4, -0.2) is 41.2 Å². The minimum Gasteiger partial charge on any atom is -0.481 e. The van der Waals surface area contributed by atoms with Gasteiger partial charge in [0.2, 0.25) is 11.8 Å². The topological polar surface area (TPSA) is 120 Å². The van der Waals surface area contributed by atoms with Crippen LogP contribution in [0, 0.1) is 12.8 Å². The summed E-state index contributed by atoms with van der Waals surface area (Å²) in [6.07, 6.45) is 7.18. The molecular formula is C25H30N4O5S2. The fourth-order valence-electron chi connectivity index (χ4n) is 5.04. The van der Waals surface area contributed by atoms with Gasteiger partial charge in [-0.1, -0.05) is 43.4 Å². The van der Waals surface area contributed by atoms with Gasteiger partial charge >= 0.3 is 0 Å². The maximum absolute atomic E-state index is 13.6. The van der Waals surface area contributed by atoms with E-state index in [-0.39, 0.29) is 10.8 Å². The van der Waals surface area contributed by atoms with Crippen molar-refractivity contribution in [3.63, 3.8) is 0 Å². The standard InChI is InChI=1S/C25H30N4O5S2/c1-15-12-18(36(32,33)17-8-9-17)14-22(30)29(15)20(13-16-6-4-3-5-7-16)23(31)28-25-26-19-10-11-21(34-2)27-24(19)35-25/h10-12,14,16-17,20H,3-9,13H2,1-2H3,(H,26,28,31). The lowest BCUT2D eigenvalue weighted by Crippen LogP contribution is -2.36. The number of thiazole rings is 1. The number of anilines is 1. The van der Waals surface area contributed by atoms with Crippen molar-refractivity contribution in [2.75, 3.05) is 12.4 Å². The molecule has 1 unspecified atom stereocenters. The van der Waals surface area contributed by atoms with Gasteiger partial charge in [-0.2, -0.15) is 0 Å². The van der Waals surface area contributed by atoms with Gasteiger partial charge in [0, 0.05) is 17.8 Å². The fraction of sp³-hybridized carbons (Fsp3) is 0.520. The number of rotatable bonds is 8. The zero-order chi connectivity index (χ0) is 25.4. The van der Waals surface area contributed by atoms with Gasteiger partial charge in [-0.15, -0.1) is 0 Å². The van der Waals surface area contributed by atoms with Gasteiger partial charge in [0.15, 0.2) is 15.0 Å². The molecule has 36 heavy (non-hydrogen) atoms. The molecule has 0 aromatic carbocycles. The average molecular weight is 531 g/mol. The monoisotopic (exact) mass is 530 g/mol. The number of amides is 1. The number of sulfone groups is 1. The molecule has 11 heteroatoms. The molecule has 0 aliphatic heterocycles. The largest absolute Gasteiger partial charge is 0.481 e. The molecule has 1 N–H and O–H groups in total. The predicted molar refractivity (Wildman–Crippen MR) is 138 cm³/mol. The lowest BCUT2D eigenvalue weighted by atomic mass is 9.84. The van der Waals surface area contributed by atoms with Crippen molar-refractivity contribution in [2.45, 2.75) is 74.5 Å². The zero-order valence-corrected chi connectivity index (χ0v) is 22.0. The van der Waals surface area contributed by atoms with Gasteiger partial charge in [0.05, 0.1) is 17.3 Å². The van der Waals surface area contributed by atoms with E-state index in [0.717, 1.165) is 25.7 Å². The molecule has 192 valence electrons. The molecule has 3 aromatic rings. The maximum atomic E-state index is 13.6. The number of ether oxygens (including phenoxy) is 1. The lowest BCUT2D eigenvalue weighted by Gasteiger charge is -2.28.